The number of aromatic nitrogens is 1. The first-order valence-corrected chi connectivity index (χ1v) is 7.56. The van der Waals surface area contributed by atoms with Crippen LogP contribution in [-0.2, 0) is 6.54 Å². The van der Waals surface area contributed by atoms with E-state index in [4.69, 9.17) is 5.11 Å². The summed E-state index contributed by atoms with van der Waals surface area (Å²) in [5.41, 5.74) is 1.05. The highest BCUT2D eigenvalue weighted by Gasteiger charge is 2.12. The average molecular weight is 319 g/mol. The molecule has 22 heavy (non-hydrogen) atoms. The molecule has 116 valence electrons. The van der Waals surface area contributed by atoms with Gasteiger partial charge in [-0.05, 0) is 31.5 Å². The number of hydrogen-bond donors (Lipinski definition) is 3. The fourth-order valence-corrected chi connectivity index (χ4v) is 2.61. The van der Waals surface area contributed by atoms with Crippen molar-refractivity contribution in [2.75, 3.05) is 0 Å². The summed E-state index contributed by atoms with van der Waals surface area (Å²) in [4.78, 5) is 27.9. The quantitative estimate of drug-likeness (QED) is 0.790. The maximum Gasteiger partial charge on any atom is 0.335 e. The van der Waals surface area contributed by atoms with Crippen molar-refractivity contribution in [2.45, 2.75) is 26.4 Å². The lowest BCUT2D eigenvalue weighted by Gasteiger charge is -2.12. The molecule has 1 aromatic heterocycles. The van der Waals surface area contributed by atoms with Crippen LogP contribution in [0.3, 0.4) is 0 Å². The molecule has 6 nitrogen and oxygen atoms in total. The fraction of sp³-hybridized carbons (Fsp3) is 0.267. The third kappa shape index (κ3) is 4.29. The first-order chi connectivity index (χ1) is 10.5. The van der Waals surface area contributed by atoms with E-state index in [1.807, 2.05) is 13.8 Å². The molecule has 7 heteroatoms. The van der Waals surface area contributed by atoms with Crippen molar-refractivity contribution in [3.63, 3.8) is 0 Å². The zero-order valence-electron chi connectivity index (χ0n) is 12.3. The lowest BCUT2D eigenvalue weighted by atomic mass is 10.1. The second-order valence-corrected chi connectivity index (χ2v) is 6.13. The topological polar surface area (TPSA) is 91.3 Å². The Morgan fingerprint density at radius 2 is 2.00 bits per heavy atom. The molecule has 3 N–H and O–H groups in total. The molecule has 0 aliphatic rings. The molecule has 1 unspecified atom stereocenters. The van der Waals surface area contributed by atoms with Crippen molar-refractivity contribution < 1.29 is 14.7 Å². The number of rotatable bonds is 5. The Bertz CT molecular complexity index is 667. The third-order valence-electron chi connectivity index (χ3n) is 3.01. The maximum atomic E-state index is 11.8. The molecule has 0 saturated heterocycles. The predicted molar refractivity (Wildman–Crippen MR) is 84.0 cm³/mol. The molecule has 0 aliphatic carbocycles. The zero-order valence-corrected chi connectivity index (χ0v) is 13.1. The molecule has 2 aromatic rings. The maximum absolute atomic E-state index is 11.8. The summed E-state index contributed by atoms with van der Waals surface area (Å²) < 4.78 is 0. The van der Waals surface area contributed by atoms with Gasteiger partial charge in [-0.25, -0.2) is 14.6 Å². The van der Waals surface area contributed by atoms with Crippen LogP contribution in [0.1, 0.15) is 38.8 Å². The van der Waals surface area contributed by atoms with Gasteiger partial charge in [0.2, 0.25) is 0 Å². The van der Waals surface area contributed by atoms with Gasteiger partial charge in [0.1, 0.15) is 5.01 Å². The number of carboxylic acid groups (broad SMARTS) is 1. The third-order valence-corrected chi connectivity index (χ3v) is 4.11. The Balaban J connectivity index is 1.83. The van der Waals surface area contributed by atoms with Crippen molar-refractivity contribution in [3.8, 4) is 0 Å². The minimum Gasteiger partial charge on any atom is -0.478 e. The summed E-state index contributed by atoms with van der Waals surface area (Å²) >= 11 is 1.55. The van der Waals surface area contributed by atoms with Crippen molar-refractivity contribution in [1.29, 1.82) is 0 Å². The molecule has 0 fully saturated rings. The van der Waals surface area contributed by atoms with Gasteiger partial charge in [-0.15, -0.1) is 11.3 Å². The number of aromatic carboxylic acids is 1. The number of benzene rings is 1. The number of carbonyl (C=O) groups excluding carboxylic acids is 1. The fourth-order valence-electron chi connectivity index (χ4n) is 1.83. The largest absolute Gasteiger partial charge is 0.478 e. The highest BCUT2D eigenvalue weighted by molar-refractivity contribution is 7.11. The van der Waals surface area contributed by atoms with Gasteiger partial charge in [0, 0.05) is 17.6 Å². The van der Waals surface area contributed by atoms with E-state index in [2.05, 4.69) is 15.6 Å². The summed E-state index contributed by atoms with van der Waals surface area (Å²) in [6.07, 6.45) is 1.78. The van der Waals surface area contributed by atoms with Crippen LogP contribution in [-0.4, -0.2) is 22.1 Å². The van der Waals surface area contributed by atoms with E-state index in [1.165, 1.54) is 12.1 Å². The highest BCUT2D eigenvalue weighted by atomic mass is 32.1. The SMILES string of the molecule is Cc1cnc(C(C)NC(=O)NCc2ccc(C(=O)O)cc2)s1. The molecule has 2 amide bonds. The monoisotopic (exact) mass is 319 g/mol. The summed E-state index contributed by atoms with van der Waals surface area (Å²) in [7, 11) is 0. The Morgan fingerprint density at radius 1 is 1.32 bits per heavy atom. The molecule has 2 rings (SSSR count). The van der Waals surface area contributed by atoms with E-state index in [-0.39, 0.29) is 17.6 Å². The normalized spacial score (nSPS) is 11.7. The Labute approximate surface area is 132 Å². The van der Waals surface area contributed by atoms with Crippen molar-refractivity contribution in [3.05, 3.63) is 51.5 Å². The minimum atomic E-state index is -0.968. The van der Waals surface area contributed by atoms with Crippen LogP contribution in [0.4, 0.5) is 4.79 Å². The summed E-state index contributed by atoms with van der Waals surface area (Å²) in [5.74, 6) is -0.968. The van der Waals surface area contributed by atoms with E-state index in [9.17, 15) is 9.59 Å². The molecular formula is C15H17N3O3S. The van der Waals surface area contributed by atoms with Crippen LogP contribution in [0.25, 0.3) is 0 Å². The lowest BCUT2D eigenvalue weighted by Crippen LogP contribution is -2.36. The van der Waals surface area contributed by atoms with Crippen LogP contribution in [0.2, 0.25) is 0 Å². The van der Waals surface area contributed by atoms with Crippen LogP contribution in [0.15, 0.2) is 30.5 Å². The van der Waals surface area contributed by atoms with Gasteiger partial charge in [0.15, 0.2) is 0 Å². The number of thiazole rings is 1. The number of urea groups is 1. The summed E-state index contributed by atoms with van der Waals surface area (Å²) in [6.45, 7) is 4.17. The van der Waals surface area contributed by atoms with Gasteiger partial charge < -0.3 is 15.7 Å². The van der Waals surface area contributed by atoms with Crippen molar-refractivity contribution in [2.24, 2.45) is 0 Å². The molecule has 1 heterocycles. The molecule has 0 bridgehead atoms. The van der Waals surface area contributed by atoms with E-state index >= 15 is 0 Å². The smallest absolute Gasteiger partial charge is 0.335 e. The van der Waals surface area contributed by atoms with Gasteiger partial charge in [0.05, 0.1) is 11.6 Å². The number of carboxylic acids is 1. The van der Waals surface area contributed by atoms with E-state index in [1.54, 1.807) is 29.7 Å². The number of amides is 2. The Kier molecular flexibility index (Phi) is 5.11. The second-order valence-electron chi connectivity index (χ2n) is 4.86. The Morgan fingerprint density at radius 3 is 2.55 bits per heavy atom. The second kappa shape index (κ2) is 7.04. The number of hydrogen-bond acceptors (Lipinski definition) is 4. The van der Waals surface area contributed by atoms with Gasteiger partial charge >= 0.3 is 12.0 Å². The standard InChI is InChI=1S/C15H17N3O3S/c1-9-7-16-13(22-9)10(2)18-15(21)17-8-11-3-5-12(6-4-11)14(19)20/h3-7,10H,8H2,1-2H3,(H,19,20)(H2,17,18,21). The average Bonchev–Trinajstić information content (AvgIpc) is 2.92. The van der Waals surface area contributed by atoms with Crippen LogP contribution in [0.5, 0.6) is 0 Å². The molecule has 0 spiro atoms. The van der Waals surface area contributed by atoms with Crippen molar-refractivity contribution in [1.82, 2.24) is 15.6 Å². The first kappa shape index (κ1) is 16.0. The van der Waals surface area contributed by atoms with E-state index in [0.717, 1.165) is 15.4 Å². The minimum absolute atomic E-state index is 0.159. The van der Waals surface area contributed by atoms with Crippen LogP contribution < -0.4 is 10.6 Å². The summed E-state index contributed by atoms with van der Waals surface area (Å²) in [5, 5.41) is 15.2. The lowest BCUT2D eigenvalue weighted by molar-refractivity contribution is 0.0697. The van der Waals surface area contributed by atoms with Crippen LogP contribution in [0, 0.1) is 6.92 Å². The molecule has 0 radical (unpaired) electrons. The number of aryl methyl sites for hydroxylation is 1. The summed E-state index contributed by atoms with van der Waals surface area (Å²) in [6, 6.07) is 5.93. The number of carbonyl (C=O) groups is 2. The number of nitrogens with one attached hydrogen (secondary N) is 2. The molecular weight excluding hydrogens is 302 g/mol. The molecule has 1 aromatic carbocycles. The molecule has 1 atom stereocenters. The van der Waals surface area contributed by atoms with E-state index < -0.39 is 5.97 Å². The van der Waals surface area contributed by atoms with Gasteiger partial charge in [0.25, 0.3) is 0 Å². The zero-order chi connectivity index (χ0) is 16.1. The van der Waals surface area contributed by atoms with Gasteiger partial charge in [-0.2, -0.15) is 0 Å². The molecule has 0 saturated carbocycles. The van der Waals surface area contributed by atoms with Crippen molar-refractivity contribution >= 4 is 23.3 Å². The highest BCUT2D eigenvalue weighted by Crippen LogP contribution is 2.18. The van der Waals surface area contributed by atoms with Gasteiger partial charge in [-0.3, -0.25) is 0 Å². The van der Waals surface area contributed by atoms with Crippen LogP contribution >= 0.6 is 11.3 Å². The van der Waals surface area contributed by atoms with E-state index in [0.29, 0.717) is 6.54 Å². The predicted octanol–water partition coefficient (Wildman–Crippen LogP) is 2.71. The molecule has 0 aliphatic heterocycles. The first-order valence-electron chi connectivity index (χ1n) is 6.74. The Hall–Kier alpha value is -2.41. The number of nitrogens with zero attached hydrogens (tertiary/aromatic N) is 1. The van der Waals surface area contributed by atoms with Gasteiger partial charge in [-0.1, -0.05) is 12.1 Å².